The lowest BCUT2D eigenvalue weighted by atomic mass is 10.1. The lowest BCUT2D eigenvalue weighted by Gasteiger charge is -2.05. The molecular weight excluding hydrogens is 372 g/mol. The van der Waals surface area contributed by atoms with E-state index in [4.69, 9.17) is 4.42 Å². The lowest BCUT2D eigenvalue weighted by Crippen LogP contribution is -2.07. The average molecular weight is 390 g/mol. The molecule has 1 aromatic carbocycles. The van der Waals surface area contributed by atoms with Crippen molar-refractivity contribution in [3.8, 4) is 0 Å². The first-order chi connectivity index (χ1) is 12.5. The van der Waals surface area contributed by atoms with E-state index in [0.717, 1.165) is 22.4 Å². The van der Waals surface area contributed by atoms with Gasteiger partial charge in [-0.25, -0.2) is 18.4 Å². The molecule has 0 spiro atoms. The smallest absolute Gasteiger partial charge is 0.276 e. The molecule has 26 heavy (non-hydrogen) atoms. The molecule has 3 heterocycles. The Labute approximate surface area is 155 Å². The van der Waals surface area contributed by atoms with Crippen molar-refractivity contribution in [3.63, 3.8) is 0 Å². The van der Waals surface area contributed by atoms with Gasteiger partial charge in [0.2, 0.25) is 5.89 Å². The van der Waals surface area contributed by atoms with Gasteiger partial charge in [-0.1, -0.05) is 23.9 Å². The van der Waals surface area contributed by atoms with Gasteiger partial charge in [-0.15, -0.1) is 10.2 Å². The Kier molecular flexibility index (Phi) is 4.66. The summed E-state index contributed by atoms with van der Waals surface area (Å²) in [5.41, 5.74) is 3.51. The highest BCUT2D eigenvalue weighted by molar-refractivity contribution is 7.98. The Bertz CT molecular complexity index is 1050. The molecule has 9 heteroatoms. The fraction of sp³-hybridized carbons (Fsp3) is 0.412. The second-order valence-corrected chi connectivity index (χ2v) is 9.62. The number of aromatic nitrogens is 4. The first-order valence-corrected chi connectivity index (χ1v) is 11.2. The van der Waals surface area contributed by atoms with Crippen molar-refractivity contribution >= 4 is 32.6 Å². The quantitative estimate of drug-likeness (QED) is 0.613. The highest BCUT2D eigenvalue weighted by atomic mass is 32.2. The summed E-state index contributed by atoms with van der Waals surface area (Å²) in [6, 6.07) is 7.77. The number of para-hydroxylation sites is 2. The summed E-state index contributed by atoms with van der Waals surface area (Å²) >= 11 is 1.41. The van der Waals surface area contributed by atoms with Gasteiger partial charge in [-0.3, -0.25) is 0 Å². The lowest BCUT2D eigenvalue weighted by molar-refractivity contribution is 0.389. The minimum Gasteiger partial charge on any atom is -0.416 e. The molecule has 0 N–H and O–H groups in total. The maximum atomic E-state index is 11.5. The summed E-state index contributed by atoms with van der Waals surface area (Å²) < 4.78 is 28.7. The number of fused-ring (bicyclic) bond motifs is 1. The van der Waals surface area contributed by atoms with Crippen LogP contribution in [-0.4, -0.2) is 40.1 Å². The molecule has 0 unspecified atom stereocenters. The summed E-state index contributed by atoms with van der Waals surface area (Å²) in [7, 11) is -2.89. The van der Waals surface area contributed by atoms with Gasteiger partial charge < -0.3 is 4.42 Å². The summed E-state index contributed by atoms with van der Waals surface area (Å²) in [5.74, 6) is 1.63. The highest BCUT2D eigenvalue weighted by Crippen LogP contribution is 2.26. The van der Waals surface area contributed by atoms with Crippen LogP contribution in [0.2, 0.25) is 0 Å². The van der Waals surface area contributed by atoms with Crippen LogP contribution in [0, 0.1) is 12.8 Å². The van der Waals surface area contributed by atoms with E-state index in [0.29, 0.717) is 29.7 Å². The van der Waals surface area contributed by atoms with E-state index in [1.165, 1.54) is 11.8 Å². The molecule has 0 saturated carbocycles. The monoisotopic (exact) mass is 390 g/mol. The highest BCUT2D eigenvalue weighted by Gasteiger charge is 2.29. The molecule has 1 saturated heterocycles. The first kappa shape index (κ1) is 17.4. The van der Waals surface area contributed by atoms with E-state index >= 15 is 0 Å². The van der Waals surface area contributed by atoms with Crippen molar-refractivity contribution in [2.45, 2.75) is 30.7 Å². The third-order valence-corrected chi connectivity index (χ3v) is 7.08. The van der Waals surface area contributed by atoms with Crippen molar-refractivity contribution < 1.29 is 12.8 Å². The Morgan fingerprint density at radius 2 is 1.96 bits per heavy atom. The number of sulfone groups is 1. The van der Waals surface area contributed by atoms with E-state index in [-0.39, 0.29) is 17.4 Å². The molecule has 0 radical (unpaired) electrons. The van der Waals surface area contributed by atoms with Gasteiger partial charge in [0.15, 0.2) is 9.84 Å². The van der Waals surface area contributed by atoms with Gasteiger partial charge >= 0.3 is 0 Å². The maximum Gasteiger partial charge on any atom is 0.276 e. The molecule has 3 aromatic rings. The van der Waals surface area contributed by atoms with Crippen LogP contribution in [0.15, 0.2) is 33.9 Å². The SMILES string of the molecule is Cc1nc2ccccc2nc1CSc1nnc(C[C@H]2CCS(=O)(=O)C2)o1. The molecule has 0 bridgehead atoms. The number of hydrogen-bond acceptors (Lipinski definition) is 8. The fourth-order valence-electron chi connectivity index (χ4n) is 3.05. The second-order valence-electron chi connectivity index (χ2n) is 6.47. The summed E-state index contributed by atoms with van der Waals surface area (Å²) in [5, 5.41) is 8.56. The predicted molar refractivity (Wildman–Crippen MR) is 98.6 cm³/mol. The van der Waals surface area contributed by atoms with Crippen LogP contribution >= 0.6 is 11.8 Å². The van der Waals surface area contributed by atoms with Crippen molar-refractivity contribution in [2.24, 2.45) is 5.92 Å². The van der Waals surface area contributed by atoms with Crippen LogP contribution in [0.1, 0.15) is 23.7 Å². The van der Waals surface area contributed by atoms with Crippen LogP contribution in [0.25, 0.3) is 11.0 Å². The molecule has 136 valence electrons. The molecular formula is C17H18N4O3S2. The van der Waals surface area contributed by atoms with Gasteiger partial charge in [0.25, 0.3) is 5.22 Å². The molecule has 1 fully saturated rings. The maximum absolute atomic E-state index is 11.5. The first-order valence-electron chi connectivity index (χ1n) is 8.36. The third-order valence-electron chi connectivity index (χ3n) is 4.41. The van der Waals surface area contributed by atoms with E-state index in [1.807, 2.05) is 31.2 Å². The number of hydrogen-bond donors (Lipinski definition) is 0. The van der Waals surface area contributed by atoms with Crippen LogP contribution in [0.3, 0.4) is 0 Å². The van der Waals surface area contributed by atoms with E-state index < -0.39 is 9.84 Å². The molecule has 0 aliphatic carbocycles. The zero-order chi connectivity index (χ0) is 18.1. The van der Waals surface area contributed by atoms with Crippen LogP contribution < -0.4 is 0 Å². The molecule has 1 aliphatic rings. The van der Waals surface area contributed by atoms with Crippen molar-refractivity contribution in [3.05, 3.63) is 41.5 Å². The summed E-state index contributed by atoms with van der Waals surface area (Å²) in [4.78, 5) is 9.23. The van der Waals surface area contributed by atoms with Gasteiger partial charge in [-0.2, -0.15) is 0 Å². The molecule has 7 nitrogen and oxygen atoms in total. The number of benzene rings is 1. The minimum absolute atomic E-state index is 0.0758. The average Bonchev–Trinajstić information content (AvgIpc) is 3.19. The van der Waals surface area contributed by atoms with Crippen molar-refractivity contribution in [1.82, 2.24) is 20.2 Å². The van der Waals surface area contributed by atoms with E-state index in [1.54, 1.807) is 0 Å². The fourth-order valence-corrected chi connectivity index (χ4v) is 5.70. The Hall–Kier alpha value is -2.00. The van der Waals surface area contributed by atoms with Crippen LogP contribution in [-0.2, 0) is 22.0 Å². The van der Waals surface area contributed by atoms with Gasteiger partial charge in [0.05, 0.1) is 33.9 Å². The van der Waals surface area contributed by atoms with E-state index in [9.17, 15) is 8.42 Å². The number of aryl methyl sites for hydroxylation is 1. The predicted octanol–water partition coefficient (Wildman–Crippen LogP) is 2.59. The zero-order valence-corrected chi connectivity index (χ0v) is 15.9. The van der Waals surface area contributed by atoms with Crippen LogP contribution in [0.4, 0.5) is 0 Å². The second kappa shape index (κ2) is 6.96. The Morgan fingerprint density at radius 3 is 2.69 bits per heavy atom. The summed E-state index contributed by atoms with van der Waals surface area (Å²) in [6.07, 6.45) is 1.18. The molecule has 1 aliphatic heterocycles. The topological polar surface area (TPSA) is 98.8 Å². The van der Waals surface area contributed by atoms with Crippen LogP contribution in [0.5, 0.6) is 0 Å². The number of rotatable bonds is 5. The molecule has 1 atom stereocenters. The molecule has 2 aromatic heterocycles. The Morgan fingerprint density at radius 1 is 1.19 bits per heavy atom. The normalized spacial score (nSPS) is 19.2. The number of nitrogens with zero attached hydrogens (tertiary/aromatic N) is 4. The van der Waals surface area contributed by atoms with E-state index in [2.05, 4.69) is 20.2 Å². The molecule has 0 amide bonds. The minimum atomic E-state index is -2.89. The van der Waals surface area contributed by atoms with Gasteiger partial charge in [-0.05, 0) is 31.4 Å². The zero-order valence-electron chi connectivity index (χ0n) is 14.3. The largest absolute Gasteiger partial charge is 0.416 e. The van der Waals surface area contributed by atoms with Crippen molar-refractivity contribution in [1.29, 1.82) is 0 Å². The number of thioether (sulfide) groups is 1. The van der Waals surface area contributed by atoms with Gasteiger partial charge in [0, 0.05) is 12.2 Å². The summed E-state index contributed by atoms with van der Waals surface area (Å²) in [6.45, 7) is 1.94. The standard InChI is InChI=1S/C17H18N4O3S2/c1-11-15(19-14-5-3-2-4-13(14)18-11)9-25-17-21-20-16(24-17)8-12-6-7-26(22,23)10-12/h2-5,12H,6-10H2,1H3/t12-/m1/s1. The third kappa shape index (κ3) is 3.88. The Balaban J connectivity index is 1.41. The van der Waals surface area contributed by atoms with Crippen molar-refractivity contribution in [2.75, 3.05) is 11.5 Å². The van der Waals surface area contributed by atoms with Gasteiger partial charge in [0.1, 0.15) is 0 Å². The molecule has 4 rings (SSSR count).